The van der Waals surface area contributed by atoms with E-state index in [2.05, 4.69) is 12.6 Å². The van der Waals surface area contributed by atoms with Gasteiger partial charge in [0, 0.05) is 0 Å². The number of phenols is 1. The molecule has 0 amide bonds. The molecule has 14 heavy (non-hydrogen) atoms. The van der Waals surface area contributed by atoms with Crippen LogP contribution in [0.3, 0.4) is 0 Å². The van der Waals surface area contributed by atoms with Crippen LogP contribution in [0.5, 0.6) is 5.75 Å². The van der Waals surface area contributed by atoms with Gasteiger partial charge in [0.05, 0.1) is 0 Å². The predicted molar refractivity (Wildman–Crippen MR) is 60.6 cm³/mol. The molecule has 1 rings (SSSR count). The summed E-state index contributed by atoms with van der Waals surface area (Å²) in [7, 11) is 0. The van der Waals surface area contributed by atoms with E-state index in [-0.39, 0.29) is 0 Å². The van der Waals surface area contributed by atoms with Crippen LogP contribution >= 0.6 is 0 Å². The molecular weight excluding hydrogens is 172 g/mol. The summed E-state index contributed by atoms with van der Waals surface area (Å²) in [5.41, 5.74) is 2.27. The molecular formula is C13H18O. The Balaban J connectivity index is 2.43. The van der Waals surface area contributed by atoms with Crippen LogP contribution in [0.1, 0.15) is 30.4 Å². The molecule has 1 heteroatoms. The summed E-state index contributed by atoms with van der Waals surface area (Å²) >= 11 is 0. The van der Waals surface area contributed by atoms with E-state index >= 15 is 0 Å². The highest BCUT2D eigenvalue weighted by molar-refractivity contribution is 5.34. The third kappa shape index (κ3) is 3.25. The molecule has 1 N–H and O–H groups in total. The third-order valence-electron chi connectivity index (χ3n) is 2.38. The third-order valence-corrected chi connectivity index (χ3v) is 2.38. The molecule has 0 saturated heterocycles. The van der Waals surface area contributed by atoms with Gasteiger partial charge in [-0.15, -0.1) is 6.58 Å². The minimum atomic E-state index is 0.389. The van der Waals surface area contributed by atoms with Crippen molar-refractivity contribution < 1.29 is 5.11 Å². The number of unbranched alkanes of at least 4 members (excludes halogenated alkanes) is 2. The van der Waals surface area contributed by atoms with Crippen molar-refractivity contribution in [2.75, 3.05) is 0 Å². The van der Waals surface area contributed by atoms with Gasteiger partial charge in [0.25, 0.3) is 0 Å². The van der Waals surface area contributed by atoms with Gasteiger partial charge >= 0.3 is 0 Å². The minimum Gasteiger partial charge on any atom is -0.508 e. The molecule has 0 aliphatic heterocycles. The zero-order chi connectivity index (χ0) is 10.4. The van der Waals surface area contributed by atoms with Gasteiger partial charge in [0.15, 0.2) is 0 Å². The standard InChI is InChI=1S/C13H18O/c1-3-4-5-6-7-12-8-9-13(14)11(2)10-12/h3,8-10,14H,1,4-7H2,2H3. The molecule has 1 aromatic carbocycles. The molecule has 0 aromatic heterocycles. The molecule has 0 unspecified atom stereocenters. The highest BCUT2D eigenvalue weighted by Crippen LogP contribution is 2.18. The fourth-order valence-corrected chi connectivity index (χ4v) is 1.49. The van der Waals surface area contributed by atoms with Crippen LogP contribution in [0.2, 0.25) is 0 Å². The van der Waals surface area contributed by atoms with E-state index < -0.39 is 0 Å². The Morgan fingerprint density at radius 3 is 2.79 bits per heavy atom. The Bertz CT molecular complexity index is 302. The molecule has 0 aliphatic carbocycles. The van der Waals surface area contributed by atoms with Gasteiger partial charge in [0.1, 0.15) is 5.75 Å². The fraction of sp³-hybridized carbons (Fsp3) is 0.385. The number of allylic oxidation sites excluding steroid dienone is 1. The normalized spacial score (nSPS) is 10.1. The summed E-state index contributed by atoms with van der Waals surface area (Å²) in [4.78, 5) is 0. The molecule has 0 aliphatic rings. The van der Waals surface area contributed by atoms with Crippen LogP contribution in [0.15, 0.2) is 30.9 Å². The summed E-state index contributed by atoms with van der Waals surface area (Å²) in [5, 5.41) is 9.34. The zero-order valence-electron chi connectivity index (χ0n) is 8.79. The number of hydrogen-bond acceptors (Lipinski definition) is 1. The van der Waals surface area contributed by atoms with Gasteiger partial charge in [-0.2, -0.15) is 0 Å². The van der Waals surface area contributed by atoms with E-state index in [0.29, 0.717) is 5.75 Å². The molecule has 0 radical (unpaired) electrons. The van der Waals surface area contributed by atoms with Crippen molar-refractivity contribution >= 4 is 0 Å². The smallest absolute Gasteiger partial charge is 0.118 e. The maximum absolute atomic E-state index is 9.34. The lowest BCUT2D eigenvalue weighted by Crippen LogP contribution is -1.86. The van der Waals surface area contributed by atoms with Gasteiger partial charge in [-0.3, -0.25) is 0 Å². The van der Waals surface area contributed by atoms with E-state index in [1.807, 2.05) is 19.1 Å². The Hall–Kier alpha value is -1.24. The van der Waals surface area contributed by atoms with Crippen molar-refractivity contribution in [1.29, 1.82) is 0 Å². The van der Waals surface area contributed by atoms with Gasteiger partial charge in [-0.1, -0.05) is 18.2 Å². The fourth-order valence-electron chi connectivity index (χ4n) is 1.49. The molecule has 76 valence electrons. The number of phenolic OH excluding ortho intramolecular Hbond substituents is 1. The first-order valence-corrected chi connectivity index (χ1v) is 5.13. The van der Waals surface area contributed by atoms with Crippen molar-refractivity contribution in [3.8, 4) is 5.75 Å². The van der Waals surface area contributed by atoms with Gasteiger partial charge < -0.3 is 5.11 Å². The lowest BCUT2D eigenvalue weighted by atomic mass is 10.0. The lowest BCUT2D eigenvalue weighted by Gasteiger charge is -2.03. The first-order chi connectivity index (χ1) is 6.74. The monoisotopic (exact) mass is 190 g/mol. The second kappa shape index (κ2) is 5.48. The highest BCUT2D eigenvalue weighted by atomic mass is 16.3. The minimum absolute atomic E-state index is 0.389. The number of rotatable bonds is 5. The SMILES string of the molecule is C=CCCCCc1ccc(O)c(C)c1. The highest BCUT2D eigenvalue weighted by Gasteiger charge is 1.97. The maximum Gasteiger partial charge on any atom is 0.118 e. The predicted octanol–water partition coefficient (Wildman–Crippen LogP) is 3.60. The molecule has 1 nitrogen and oxygen atoms in total. The van der Waals surface area contributed by atoms with Crippen molar-refractivity contribution in [2.45, 2.75) is 32.6 Å². The number of hydrogen-bond donors (Lipinski definition) is 1. The van der Waals surface area contributed by atoms with E-state index in [1.54, 1.807) is 6.07 Å². The summed E-state index contributed by atoms with van der Waals surface area (Å²) in [6.45, 7) is 5.63. The van der Waals surface area contributed by atoms with Crippen LogP contribution in [-0.2, 0) is 6.42 Å². The second-order valence-electron chi connectivity index (χ2n) is 3.66. The van der Waals surface area contributed by atoms with E-state index in [0.717, 1.165) is 18.4 Å². The summed E-state index contributed by atoms with van der Waals surface area (Å²) < 4.78 is 0. The zero-order valence-corrected chi connectivity index (χ0v) is 8.79. The van der Waals surface area contributed by atoms with Crippen molar-refractivity contribution in [1.82, 2.24) is 0 Å². The van der Waals surface area contributed by atoms with E-state index in [4.69, 9.17) is 0 Å². The van der Waals surface area contributed by atoms with Gasteiger partial charge in [-0.05, 0) is 49.8 Å². The Labute approximate surface area is 86.1 Å². The molecule has 0 fully saturated rings. The van der Waals surface area contributed by atoms with E-state index in [9.17, 15) is 5.11 Å². The van der Waals surface area contributed by atoms with Crippen molar-refractivity contribution in [3.05, 3.63) is 42.0 Å². The first kappa shape index (κ1) is 10.8. The van der Waals surface area contributed by atoms with Crippen molar-refractivity contribution in [3.63, 3.8) is 0 Å². The van der Waals surface area contributed by atoms with Gasteiger partial charge in [0.2, 0.25) is 0 Å². The summed E-state index contributed by atoms with van der Waals surface area (Å²) in [6, 6.07) is 5.83. The number of aryl methyl sites for hydroxylation is 2. The van der Waals surface area contributed by atoms with Crippen LogP contribution in [0, 0.1) is 6.92 Å². The average molecular weight is 190 g/mol. The van der Waals surface area contributed by atoms with Gasteiger partial charge in [-0.25, -0.2) is 0 Å². The van der Waals surface area contributed by atoms with Crippen LogP contribution in [0.25, 0.3) is 0 Å². The van der Waals surface area contributed by atoms with Crippen LogP contribution in [-0.4, -0.2) is 5.11 Å². The average Bonchev–Trinajstić information content (AvgIpc) is 2.18. The number of benzene rings is 1. The molecule has 0 saturated carbocycles. The van der Waals surface area contributed by atoms with E-state index in [1.165, 1.54) is 18.4 Å². The second-order valence-corrected chi connectivity index (χ2v) is 3.66. The quantitative estimate of drug-likeness (QED) is 0.555. The largest absolute Gasteiger partial charge is 0.508 e. The molecule has 0 atom stereocenters. The van der Waals surface area contributed by atoms with Crippen LogP contribution < -0.4 is 0 Å². The Morgan fingerprint density at radius 1 is 1.36 bits per heavy atom. The van der Waals surface area contributed by atoms with Crippen molar-refractivity contribution in [2.24, 2.45) is 0 Å². The Kier molecular flexibility index (Phi) is 4.24. The topological polar surface area (TPSA) is 20.2 Å². The molecule has 1 aromatic rings. The lowest BCUT2D eigenvalue weighted by molar-refractivity contribution is 0.471. The molecule has 0 spiro atoms. The summed E-state index contributed by atoms with van der Waals surface area (Å²) in [5.74, 6) is 0.389. The number of aromatic hydroxyl groups is 1. The van der Waals surface area contributed by atoms with Crippen LogP contribution in [0.4, 0.5) is 0 Å². The first-order valence-electron chi connectivity index (χ1n) is 5.13. The summed E-state index contributed by atoms with van der Waals surface area (Å²) in [6.07, 6.45) is 6.54. The Morgan fingerprint density at radius 2 is 2.14 bits per heavy atom. The molecule has 0 bridgehead atoms. The maximum atomic E-state index is 9.34. The molecule has 0 heterocycles.